The molecule has 4 nitrogen and oxygen atoms in total. The first-order valence-electron chi connectivity index (χ1n) is 7.81. The van der Waals surface area contributed by atoms with Crippen molar-refractivity contribution in [2.24, 2.45) is 0 Å². The number of carbonyl (C=O) groups is 1. The van der Waals surface area contributed by atoms with Crippen molar-refractivity contribution in [2.45, 2.75) is 26.2 Å². The number of likely N-dealkylation sites (N-methyl/N-ethyl adjacent to an activating group) is 1. The molecule has 0 aromatic heterocycles. The molecular weight excluding hydrogens is 264 g/mol. The number of amides is 1. The number of ether oxygens (including phenoxy) is 1. The third-order valence-electron chi connectivity index (χ3n) is 3.85. The number of rotatable bonds is 6. The Morgan fingerprint density at radius 2 is 2.05 bits per heavy atom. The number of aryl methyl sites for hydroxylation is 1. The minimum Gasteiger partial charge on any atom is -0.492 e. The van der Waals surface area contributed by atoms with Gasteiger partial charge in [-0.15, -0.1) is 0 Å². The van der Waals surface area contributed by atoms with Gasteiger partial charge in [0.1, 0.15) is 12.4 Å². The molecule has 4 heteroatoms. The van der Waals surface area contributed by atoms with Gasteiger partial charge in [0.2, 0.25) is 5.91 Å². The van der Waals surface area contributed by atoms with E-state index in [1.54, 1.807) is 0 Å². The van der Waals surface area contributed by atoms with E-state index in [-0.39, 0.29) is 5.91 Å². The number of benzene rings is 1. The first kappa shape index (κ1) is 15.8. The van der Waals surface area contributed by atoms with E-state index in [0.717, 1.165) is 38.2 Å². The van der Waals surface area contributed by atoms with Crippen molar-refractivity contribution < 1.29 is 9.53 Å². The van der Waals surface area contributed by atoms with Crippen LogP contribution in [-0.2, 0) is 4.79 Å². The van der Waals surface area contributed by atoms with Gasteiger partial charge in [0.05, 0.1) is 6.54 Å². The molecule has 1 amide bonds. The number of carbonyl (C=O) groups excluding carboxylic acids is 1. The van der Waals surface area contributed by atoms with Gasteiger partial charge in [-0.05, 0) is 50.9 Å². The normalized spacial score (nSPS) is 15.3. The molecule has 0 bridgehead atoms. The monoisotopic (exact) mass is 290 g/mol. The molecular formula is C17H26N2O2. The third kappa shape index (κ3) is 5.38. The second kappa shape index (κ2) is 8.03. The predicted molar refractivity (Wildman–Crippen MR) is 84.6 cm³/mol. The van der Waals surface area contributed by atoms with Crippen LogP contribution in [0.25, 0.3) is 0 Å². The zero-order valence-corrected chi connectivity index (χ0v) is 13.2. The van der Waals surface area contributed by atoms with Gasteiger partial charge in [-0.25, -0.2) is 0 Å². The molecule has 1 saturated heterocycles. The lowest BCUT2D eigenvalue weighted by molar-refractivity contribution is -0.133. The van der Waals surface area contributed by atoms with E-state index >= 15 is 0 Å². The van der Waals surface area contributed by atoms with Crippen molar-refractivity contribution >= 4 is 5.91 Å². The summed E-state index contributed by atoms with van der Waals surface area (Å²) in [4.78, 5) is 16.2. The van der Waals surface area contributed by atoms with Crippen LogP contribution in [0.3, 0.4) is 0 Å². The van der Waals surface area contributed by atoms with Crippen LogP contribution in [0.5, 0.6) is 5.75 Å². The lowest BCUT2D eigenvalue weighted by atomic mass is 10.1. The third-order valence-corrected chi connectivity index (χ3v) is 3.85. The Hall–Kier alpha value is -1.55. The van der Waals surface area contributed by atoms with Crippen LogP contribution in [0.1, 0.15) is 24.8 Å². The van der Waals surface area contributed by atoms with Crippen molar-refractivity contribution in [1.29, 1.82) is 0 Å². The second-order valence-electron chi connectivity index (χ2n) is 5.84. The average Bonchev–Trinajstić information content (AvgIpc) is 2.48. The quantitative estimate of drug-likeness (QED) is 0.806. The summed E-state index contributed by atoms with van der Waals surface area (Å²) in [6, 6.07) is 8.04. The topological polar surface area (TPSA) is 32.8 Å². The summed E-state index contributed by atoms with van der Waals surface area (Å²) < 4.78 is 5.72. The van der Waals surface area contributed by atoms with Gasteiger partial charge in [0.15, 0.2) is 0 Å². The lowest BCUT2D eigenvalue weighted by Gasteiger charge is -2.28. The largest absolute Gasteiger partial charge is 0.492 e. The maximum Gasteiger partial charge on any atom is 0.236 e. The molecule has 0 unspecified atom stereocenters. The average molecular weight is 290 g/mol. The van der Waals surface area contributed by atoms with Crippen molar-refractivity contribution in [1.82, 2.24) is 9.80 Å². The fourth-order valence-electron chi connectivity index (χ4n) is 2.58. The molecule has 1 aromatic carbocycles. The van der Waals surface area contributed by atoms with Gasteiger partial charge >= 0.3 is 0 Å². The van der Waals surface area contributed by atoms with Gasteiger partial charge in [-0.2, -0.15) is 0 Å². The summed E-state index contributed by atoms with van der Waals surface area (Å²) in [5, 5.41) is 0. The van der Waals surface area contributed by atoms with Gasteiger partial charge < -0.3 is 9.64 Å². The fourth-order valence-corrected chi connectivity index (χ4v) is 2.58. The van der Waals surface area contributed by atoms with E-state index in [2.05, 4.69) is 13.0 Å². The molecule has 2 rings (SSSR count). The van der Waals surface area contributed by atoms with Crippen LogP contribution in [0.15, 0.2) is 24.3 Å². The van der Waals surface area contributed by atoms with E-state index < -0.39 is 0 Å². The Morgan fingerprint density at radius 3 is 2.76 bits per heavy atom. The predicted octanol–water partition coefficient (Wildman–Crippen LogP) is 2.32. The Balaban J connectivity index is 1.67. The van der Waals surface area contributed by atoms with Gasteiger partial charge in [-0.3, -0.25) is 9.69 Å². The molecule has 1 aromatic rings. The number of hydrogen-bond donors (Lipinski definition) is 0. The van der Waals surface area contributed by atoms with E-state index in [0.29, 0.717) is 13.2 Å². The molecule has 1 fully saturated rings. The van der Waals surface area contributed by atoms with Crippen molar-refractivity contribution in [3.05, 3.63) is 29.8 Å². The first-order valence-corrected chi connectivity index (χ1v) is 7.81. The molecule has 1 heterocycles. The van der Waals surface area contributed by atoms with Crippen LogP contribution in [0.4, 0.5) is 0 Å². The maximum absolute atomic E-state index is 12.1. The summed E-state index contributed by atoms with van der Waals surface area (Å²) in [6.07, 6.45) is 3.54. The minimum absolute atomic E-state index is 0.243. The van der Waals surface area contributed by atoms with Crippen molar-refractivity contribution in [3.8, 4) is 5.75 Å². The zero-order chi connectivity index (χ0) is 15.1. The van der Waals surface area contributed by atoms with E-state index in [4.69, 9.17) is 4.74 Å². The molecule has 0 atom stereocenters. The first-order chi connectivity index (χ1) is 10.1. The minimum atomic E-state index is 0.243. The lowest BCUT2D eigenvalue weighted by Crippen LogP contribution is -2.42. The Bertz CT molecular complexity index is 456. The molecule has 21 heavy (non-hydrogen) atoms. The van der Waals surface area contributed by atoms with E-state index in [9.17, 15) is 4.79 Å². The standard InChI is InChI=1S/C17H26N2O2/c1-15-7-6-8-16(13-15)21-12-11-18(2)14-17(20)19-9-4-3-5-10-19/h6-8,13H,3-5,9-12,14H2,1-2H3. The number of nitrogens with zero attached hydrogens (tertiary/aromatic N) is 2. The number of piperidine rings is 1. The molecule has 116 valence electrons. The smallest absolute Gasteiger partial charge is 0.236 e. The van der Waals surface area contributed by atoms with Crippen LogP contribution in [0, 0.1) is 6.92 Å². The van der Waals surface area contributed by atoms with Gasteiger partial charge in [0.25, 0.3) is 0 Å². The SMILES string of the molecule is Cc1cccc(OCCN(C)CC(=O)N2CCCCC2)c1. The molecule has 0 radical (unpaired) electrons. The van der Waals surface area contributed by atoms with Crippen LogP contribution in [-0.4, -0.2) is 55.5 Å². The van der Waals surface area contributed by atoms with E-state index in [1.807, 2.05) is 35.0 Å². The molecule has 0 spiro atoms. The van der Waals surface area contributed by atoms with Crippen LogP contribution < -0.4 is 4.74 Å². The summed E-state index contributed by atoms with van der Waals surface area (Å²) in [6.45, 7) is 5.74. The highest BCUT2D eigenvalue weighted by Gasteiger charge is 2.17. The zero-order valence-electron chi connectivity index (χ0n) is 13.2. The maximum atomic E-state index is 12.1. The summed E-state index contributed by atoms with van der Waals surface area (Å²) in [5.41, 5.74) is 1.20. The number of likely N-dealkylation sites (tertiary alicyclic amines) is 1. The molecule has 0 N–H and O–H groups in total. The molecule has 1 aliphatic heterocycles. The molecule has 1 aliphatic rings. The fraction of sp³-hybridized carbons (Fsp3) is 0.588. The second-order valence-corrected chi connectivity index (χ2v) is 5.84. The highest BCUT2D eigenvalue weighted by molar-refractivity contribution is 5.78. The Morgan fingerprint density at radius 1 is 1.29 bits per heavy atom. The van der Waals surface area contributed by atoms with Crippen LogP contribution in [0.2, 0.25) is 0 Å². The van der Waals surface area contributed by atoms with Gasteiger partial charge in [0, 0.05) is 19.6 Å². The van der Waals surface area contributed by atoms with Gasteiger partial charge in [-0.1, -0.05) is 12.1 Å². The van der Waals surface area contributed by atoms with E-state index in [1.165, 1.54) is 12.0 Å². The summed E-state index contributed by atoms with van der Waals surface area (Å²) in [5.74, 6) is 1.14. The molecule has 0 aliphatic carbocycles. The molecule has 0 saturated carbocycles. The number of hydrogen-bond acceptors (Lipinski definition) is 3. The Labute approximate surface area is 127 Å². The highest BCUT2D eigenvalue weighted by Crippen LogP contribution is 2.12. The van der Waals surface area contributed by atoms with Crippen molar-refractivity contribution in [2.75, 3.05) is 39.8 Å². The highest BCUT2D eigenvalue weighted by atomic mass is 16.5. The van der Waals surface area contributed by atoms with Crippen molar-refractivity contribution in [3.63, 3.8) is 0 Å². The summed E-state index contributed by atoms with van der Waals surface area (Å²) in [7, 11) is 1.97. The summed E-state index contributed by atoms with van der Waals surface area (Å²) >= 11 is 0. The Kier molecular flexibility index (Phi) is 6.05. The van der Waals surface area contributed by atoms with Crippen LogP contribution >= 0.6 is 0 Å².